The van der Waals surface area contributed by atoms with E-state index in [1.165, 1.54) is 19.2 Å². The standard InChI is InChI=1S/C17H26F3N3O3S.HI/c1-4-14(26-15-8-6-7-13(11-15)17(18,19)20)12-23-16(21-3)22-9-10-27(24,25)5-2;/h6-8,11,14H,4-5,9-10,12H2,1-3H3,(H2,21,22,23);1H. The Kier molecular flexibility index (Phi) is 11.8. The van der Waals surface area contributed by atoms with Crippen molar-refractivity contribution >= 4 is 39.8 Å². The highest BCUT2D eigenvalue weighted by Crippen LogP contribution is 2.31. The minimum Gasteiger partial charge on any atom is -0.489 e. The SMILES string of the molecule is CCC(CNC(=NC)NCCS(=O)(=O)CC)Oc1cccc(C(F)(F)F)c1.I. The van der Waals surface area contributed by atoms with Gasteiger partial charge < -0.3 is 15.4 Å². The van der Waals surface area contributed by atoms with Gasteiger partial charge in [-0.05, 0) is 24.6 Å². The molecule has 0 aliphatic rings. The van der Waals surface area contributed by atoms with Gasteiger partial charge in [0.15, 0.2) is 15.8 Å². The number of hydrogen-bond acceptors (Lipinski definition) is 4. The van der Waals surface area contributed by atoms with Crippen molar-refractivity contribution in [2.24, 2.45) is 4.99 Å². The molecule has 0 aliphatic carbocycles. The number of hydrogen-bond donors (Lipinski definition) is 2. The third-order valence-electron chi connectivity index (χ3n) is 3.79. The van der Waals surface area contributed by atoms with Crippen molar-refractivity contribution in [3.63, 3.8) is 0 Å². The molecule has 0 aliphatic heterocycles. The summed E-state index contributed by atoms with van der Waals surface area (Å²) in [6, 6.07) is 4.72. The lowest BCUT2D eigenvalue weighted by Gasteiger charge is -2.20. The van der Waals surface area contributed by atoms with Crippen LogP contribution >= 0.6 is 24.0 Å². The normalized spacial score (nSPS) is 13.4. The van der Waals surface area contributed by atoms with Crippen LogP contribution in [0.5, 0.6) is 5.75 Å². The summed E-state index contributed by atoms with van der Waals surface area (Å²) in [5.74, 6) is 0.592. The number of alkyl halides is 3. The van der Waals surface area contributed by atoms with E-state index in [4.69, 9.17) is 4.74 Å². The molecule has 1 unspecified atom stereocenters. The van der Waals surface area contributed by atoms with Crippen molar-refractivity contribution in [3.8, 4) is 5.75 Å². The van der Waals surface area contributed by atoms with E-state index in [1.54, 1.807) is 6.92 Å². The number of rotatable bonds is 9. The van der Waals surface area contributed by atoms with Gasteiger partial charge in [-0.3, -0.25) is 4.99 Å². The van der Waals surface area contributed by atoms with Gasteiger partial charge in [-0.25, -0.2) is 8.42 Å². The molecule has 0 bridgehead atoms. The Hall–Kier alpha value is -1.24. The molecule has 1 atom stereocenters. The van der Waals surface area contributed by atoms with E-state index in [2.05, 4.69) is 15.6 Å². The molecule has 0 aromatic heterocycles. The van der Waals surface area contributed by atoms with Gasteiger partial charge in [0.2, 0.25) is 0 Å². The Morgan fingerprint density at radius 3 is 2.46 bits per heavy atom. The Morgan fingerprint density at radius 2 is 1.93 bits per heavy atom. The van der Waals surface area contributed by atoms with Crippen molar-refractivity contribution in [1.82, 2.24) is 10.6 Å². The summed E-state index contributed by atoms with van der Waals surface area (Å²) >= 11 is 0. The summed E-state index contributed by atoms with van der Waals surface area (Å²) in [6.07, 6.45) is -4.25. The zero-order chi connectivity index (χ0) is 20.5. The van der Waals surface area contributed by atoms with Crippen LogP contribution in [0.4, 0.5) is 13.2 Å². The molecule has 1 aromatic rings. The number of aliphatic imine (C=N–C) groups is 1. The number of guanidine groups is 1. The lowest BCUT2D eigenvalue weighted by atomic mass is 10.2. The highest BCUT2D eigenvalue weighted by Gasteiger charge is 2.30. The van der Waals surface area contributed by atoms with Gasteiger partial charge in [-0.2, -0.15) is 13.2 Å². The first-order valence-electron chi connectivity index (χ1n) is 8.60. The second kappa shape index (κ2) is 12.3. The quantitative estimate of drug-likeness (QED) is 0.288. The van der Waals surface area contributed by atoms with Gasteiger partial charge >= 0.3 is 6.18 Å². The fraction of sp³-hybridized carbons (Fsp3) is 0.588. The van der Waals surface area contributed by atoms with Crippen molar-refractivity contribution in [3.05, 3.63) is 29.8 Å². The maximum atomic E-state index is 12.8. The topological polar surface area (TPSA) is 79.8 Å². The molecule has 11 heteroatoms. The lowest BCUT2D eigenvalue weighted by Crippen LogP contribution is -2.43. The fourth-order valence-electron chi connectivity index (χ4n) is 2.11. The third kappa shape index (κ3) is 9.80. The molecule has 1 aromatic carbocycles. The first-order chi connectivity index (χ1) is 12.6. The van der Waals surface area contributed by atoms with E-state index >= 15 is 0 Å². The first kappa shape index (κ1) is 26.8. The Labute approximate surface area is 181 Å². The molecule has 0 amide bonds. The predicted octanol–water partition coefficient (Wildman–Crippen LogP) is 3.08. The van der Waals surface area contributed by atoms with Crippen LogP contribution in [0.3, 0.4) is 0 Å². The van der Waals surface area contributed by atoms with Gasteiger partial charge in [-0.15, -0.1) is 24.0 Å². The van der Waals surface area contributed by atoms with Gasteiger partial charge in [0.1, 0.15) is 11.9 Å². The van der Waals surface area contributed by atoms with E-state index in [0.717, 1.165) is 12.1 Å². The minimum absolute atomic E-state index is 0. The molecule has 162 valence electrons. The number of nitrogens with one attached hydrogen (secondary N) is 2. The summed E-state index contributed by atoms with van der Waals surface area (Å²) in [5.41, 5.74) is -0.766. The van der Waals surface area contributed by atoms with Crippen LogP contribution in [-0.4, -0.2) is 52.1 Å². The van der Waals surface area contributed by atoms with Crippen LogP contribution in [-0.2, 0) is 16.0 Å². The average molecular weight is 537 g/mol. The number of benzene rings is 1. The van der Waals surface area contributed by atoms with Crippen LogP contribution in [0.15, 0.2) is 29.3 Å². The second-order valence-electron chi connectivity index (χ2n) is 5.79. The molecule has 6 nitrogen and oxygen atoms in total. The number of nitrogens with zero attached hydrogens (tertiary/aromatic N) is 1. The molecule has 1 rings (SSSR count). The largest absolute Gasteiger partial charge is 0.489 e. The third-order valence-corrected chi connectivity index (χ3v) is 5.49. The highest BCUT2D eigenvalue weighted by atomic mass is 127. The summed E-state index contributed by atoms with van der Waals surface area (Å²) in [7, 11) is -1.54. The van der Waals surface area contributed by atoms with Gasteiger partial charge in [0.05, 0.1) is 17.9 Å². The summed E-state index contributed by atoms with van der Waals surface area (Å²) in [6.45, 7) is 3.94. The Morgan fingerprint density at radius 1 is 1.25 bits per heavy atom. The molecule has 0 spiro atoms. The van der Waals surface area contributed by atoms with Crippen LogP contribution in [0.2, 0.25) is 0 Å². The molecular formula is C17H27F3IN3O3S. The Bertz CT molecular complexity index is 728. The van der Waals surface area contributed by atoms with Crippen molar-refractivity contribution in [1.29, 1.82) is 0 Å². The van der Waals surface area contributed by atoms with E-state index < -0.39 is 21.6 Å². The maximum Gasteiger partial charge on any atom is 0.416 e. The number of ether oxygens (including phenoxy) is 1. The molecule has 0 radical (unpaired) electrons. The van der Waals surface area contributed by atoms with Crippen LogP contribution < -0.4 is 15.4 Å². The van der Waals surface area contributed by atoms with E-state index in [1.807, 2.05) is 6.92 Å². The zero-order valence-corrected chi connectivity index (χ0v) is 19.2. The molecule has 2 N–H and O–H groups in total. The molecule has 0 fully saturated rings. The van der Waals surface area contributed by atoms with Crippen LogP contribution in [0.1, 0.15) is 25.8 Å². The van der Waals surface area contributed by atoms with Gasteiger partial charge in [0, 0.05) is 19.3 Å². The first-order valence-corrected chi connectivity index (χ1v) is 10.4. The highest BCUT2D eigenvalue weighted by molar-refractivity contribution is 14.0. The van der Waals surface area contributed by atoms with Crippen molar-refractivity contribution in [2.75, 3.05) is 31.6 Å². The Balaban J connectivity index is 0.00000729. The fourth-order valence-corrected chi connectivity index (χ4v) is 2.81. The monoisotopic (exact) mass is 537 g/mol. The smallest absolute Gasteiger partial charge is 0.416 e. The average Bonchev–Trinajstić information content (AvgIpc) is 2.62. The zero-order valence-electron chi connectivity index (χ0n) is 16.0. The predicted molar refractivity (Wildman–Crippen MR) is 115 cm³/mol. The van der Waals surface area contributed by atoms with Crippen LogP contribution in [0, 0.1) is 0 Å². The van der Waals surface area contributed by atoms with E-state index in [0.29, 0.717) is 18.9 Å². The van der Waals surface area contributed by atoms with E-state index in [9.17, 15) is 21.6 Å². The second-order valence-corrected chi connectivity index (χ2v) is 8.26. The molecular weight excluding hydrogens is 510 g/mol. The maximum absolute atomic E-state index is 12.8. The number of halogens is 4. The molecule has 0 heterocycles. The van der Waals surface area contributed by atoms with Gasteiger partial charge in [0.25, 0.3) is 0 Å². The molecule has 28 heavy (non-hydrogen) atoms. The van der Waals surface area contributed by atoms with Gasteiger partial charge in [-0.1, -0.05) is 19.9 Å². The van der Waals surface area contributed by atoms with Crippen LogP contribution in [0.25, 0.3) is 0 Å². The van der Waals surface area contributed by atoms with E-state index in [-0.39, 0.29) is 53.9 Å². The summed E-state index contributed by atoms with van der Waals surface area (Å²) in [4.78, 5) is 3.99. The van der Waals surface area contributed by atoms with Crippen molar-refractivity contribution < 1.29 is 26.3 Å². The van der Waals surface area contributed by atoms with Crippen molar-refractivity contribution in [2.45, 2.75) is 32.5 Å². The summed E-state index contributed by atoms with van der Waals surface area (Å²) in [5, 5.41) is 5.87. The lowest BCUT2D eigenvalue weighted by molar-refractivity contribution is -0.137. The molecule has 0 saturated heterocycles. The minimum atomic E-state index is -4.43. The molecule has 0 saturated carbocycles. The number of sulfone groups is 1. The summed E-state index contributed by atoms with van der Waals surface area (Å²) < 4.78 is 66.9.